The monoisotopic (exact) mass is 402 g/mol. The van der Waals surface area contributed by atoms with E-state index in [4.69, 9.17) is 9.47 Å². The second kappa shape index (κ2) is 9.03. The van der Waals surface area contributed by atoms with E-state index in [1.54, 1.807) is 31.5 Å². The lowest BCUT2D eigenvalue weighted by molar-refractivity contribution is 0.0954. The predicted molar refractivity (Wildman–Crippen MR) is 103 cm³/mol. The number of hydrogen-bond acceptors (Lipinski definition) is 4. The molecule has 0 saturated heterocycles. The third-order valence-electron chi connectivity index (χ3n) is 3.37. The van der Waals surface area contributed by atoms with E-state index in [0.717, 1.165) is 15.6 Å². The molecule has 0 heterocycles. The summed E-state index contributed by atoms with van der Waals surface area (Å²) < 4.78 is 11.6. The third-order valence-corrected chi connectivity index (χ3v) is 3.96. The van der Waals surface area contributed by atoms with Gasteiger partial charge in [0.05, 0.1) is 17.8 Å². The van der Waals surface area contributed by atoms with Crippen molar-refractivity contribution in [3.63, 3.8) is 0 Å². The number of hydrogen-bond donors (Lipinski definition) is 1. The van der Waals surface area contributed by atoms with Crippen LogP contribution < -0.4 is 14.9 Å². The van der Waals surface area contributed by atoms with E-state index in [-0.39, 0.29) is 5.91 Å². The molecule has 0 spiro atoms. The molecule has 5 nitrogen and oxygen atoms in total. The van der Waals surface area contributed by atoms with Crippen molar-refractivity contribution in [2.45, 2.75) is 6.92 Å². The summed E-state index contributed by atoms with van der Waals surface area (Å²) in [6.07, 6.45) is 3.20. The van der Waals surface area contributed by atoms with Gasteiger partial charge < -0.3 is 9.47 Å². The van der Waals surface area contributed by atoms with Crippen LogP contribution in [0.15, 0.2) is 58.6 Å². The van der Waals surface area contributed by atoms with Crippen LogP contribution in [0, 0.1) is 6.92 Å². The van der Waals surface area contributed by atoms with Gasteiger partial charge in [0.1, 0.15) is 6.61 Å². The number of carbonyl (C=O) groups is 1. The quantitative estimate of drug-likeness (QED) is 0.430. The third kappa shape index (κ3) is 4.93. The lowest BCUT2D eigenvalue weighted by atomic mass is 10.1. The number of benzene rings is 2. The molecule has 2 aromatic rings. The van der Waals surface area contributed by atoms with Crippen LogP contribution in [0.5, 0.6) is 11.5 Å². The molecule has 25 heavy (non-hydrogen) atoms. The van der Waals surface area contributed by atoms with E-state index < -0.39 is 0 Å². The number of carbonyl (C=O) groups excluding carboxylic acids is 1. The number of amides is 1. The molecule has 0 aromatic heterocycles. The Balaban J connectivity index is 2.13. The van der Waals surface area contributed by atoms with E-state index in [1.165, 1.54) is 0 Å². The van der Waals surface area contributed by atoms with Crippen molar-refractivity contribution in [3.05, 3.63) is 70.2 Å². The molecule has 1 amide bonds. The molecule has 0 unspecified atom stereocenters. The van der Waals surface area contributed by atoms with Crippen LogP contribution >= 0.6 is 15.9 Å². The largest absolute Gasteiger partial charge is 0.493 e. The Morgan fingerprint density at radius 1 is 1.36 bits per heavy atom. The summed E-state index contributed by atoms with van der Waals surface area (Å²) in [6.45, 7) is 5.87. The summed E-state index contributed by atoms with van der Waals surface area (Å²) in [5, 5.41) is 4.01. The van der Waals surface area contributed by atoms with Gasteiger partial charge in [0.25, 0.3) is 5.91 Å². The second-order valence-corrected chi connectivity index (χ2v) is 6.00. The molecule has 0 saturated carbocycles. The SMILES string of the molecule is C=CCOc1c(Br)cc(/C=N\NC(=O)c2ccccc2C)cc1OC. The molecule has 0 aliphatic rings. The molecule has 0 aliphatic carbocycles. The van der Waals surface area contributed by atoms with Crippen molar-refractivity contribution < 1.29 is 14.3 Å². The fourth-order valence-corrected chi connectivity index (χ4v) is 2.72. The zero-order valence-electron chi connectivity index (χ0n) is 14.1. The summed E-state index contributed by atoms with van der Waals surface area (Å²) in [4.78, 5) is 12.1. The second-order valence-electron chi connectivity index (χ2n) is 5.15. The van der Waals surface area contributed by atoms with E-state index >= 15 is 0 Å². The van der Waals surface area contributed by atoms with Gasteiger partial charge >= 0.3 is 0 Å². The normalized spacial score (nSPS) is 10.5. The molecule has 2 aromatic carbocycles. The summed E-state index contributed by atoms with van der Waals surface area (Å²) in [6, 6.07) is 10.9. The van der Waals surface area contributed by atoms with Crippen LogP contribution in [0.1, 0.15) is 21.5 Å². The molecule has 130 valence electrons. The van der Waals surface area contributed by atoms with E-state index in [0.29, 0.717) is 23.7 Å². The fraction of sp³-hybridized carbons (Fsp3) is 0.158. The molecule has 1 N–H and O–H groups in total. The highest BCUT2D eigenvalue weighted by molar-refractivity contribution is 9.10. The Labute approximate surface area is 155 Å². The van der Waals surface area contributed by atoms with Gasteiger partial charge in [-0.15, -0.1) is 0 Å². The zero-order chi connectivity index (χ0) is 18.2. The Bertz CT molecular complexity index is 803. The van der Waals surface area contributed by atoms with Crippen LogP contribution in [0.3, 0.4) is 0 Å². The number of nitrogens with zero attached hydrogens (tertiary/aromatic N) is 1. The van der Waals surface area contributed by atoms with E-state index in [1.807, 2.05) is 31.2 Å². The maximum Gasteiger partial charge on any atom is 0.271 e. The molecule has 0 bridgehead atoms. The highest BCUT2D eigenvalue weighted by Gasteiger charge is 2.11. The minimum absolute atomic E-state index is 0.258. The number of methoxy groups -OCH3 is 1. The van der Waals surface area contributed by atoms with Crippen LogP contribution in [0.2, 0.25) is 0 Å². The first-order valence-electron chi connectivity index (χ1n) is 7.57. The molecule has 2 rings (SSSR count). The Kier molecular flexibility index (Phi) is 6.77. The highest BCUT2D eigenvalue weighted by atomic mass is 79.9. The van der Waals surface area contributed by atoms with Crippen molar-refractivity contribution in [1.29, 1.82) is 0 Å². The Morgan fingerprint density at radius 3 is 2.80 bits per heavy atom. The van der Waals surface area contributed by atoms with Crippen molar-refractivity contribution in [1.82, 2.24) is 5.43 Å². The Morgan fingerprint density at radius 2 is 2.12 bits per heavy atom. The van der Waals surface area contributed by atoms with Crippen LogP contribution in [0.4, 0.5) is 0 Å². The first kappa shape index (κ1) is 18.7. The number of hydrazone groups is 1. The van der Waals surface area contributed by atoms with Crippen molar-refractivity contribution in [2.75, 3.05) is 13.7 Å². The number of halogens is 1. The molecule has 0 aliphatic heterocycles. The van der Waals surface area contributed by atoms with Gasteiger partial charge in [-0.2, -0.15) is 5.10 Å². The summed E-state index contributed by atoms with van der Waals surface area (Å²) in [5.41, 5.74) is 4.76. The maximum absolute atomic E-state index is 12.1. The number of aryl methyl sites for hydroxylation is 1. The van der Waals surface area contributed by atoms with Crippen LogP contribution in [0.25, 0.3) is 0 Å². The zero-order valence-corrected chi connectivity index (χ0v) is 15.7. The molecule has 0 radical (unpaired) electrons. The fourth-order valence-electron chi connectivity index (χ4n) is 2.15. The molecule has 0 atom stereocenters. The van der Waals surface area contributed by atoms with Gasteiger partial charge in [0.15, 0.2) is 11.5 Å². The van der Waals surface area contributed by atoms with Crippen molar-refractivity contribution in [2.24, 2.45) is 5.10 Å². The molecule has 6 heteroatoms. The van der Waals surface area contributed by atoms with E-state index in [2.05, 4.69) is 33.0 Å². The van der Waals surface area contributed by atoms with Crippen molar-refractivity contribution in [3.8, 4) is 11.5 Å². The molecular formula is C19H19BrN2O3. The summed E-state index contributed by atoms with van der Waals surface area (Å²) in [5.74, 6) is 0.887. The van der Waals surface area contributed by atoms with Gasteiger partial charge in [-0.1, -0.05) is 30.9 Å². The lowest BCUT2D eigenvalue weighted by Crippen LogP contribution is -2.18. The summed E-state index contributed by atoms with van der Waals surface area (Å²) in [7, 11) is 1.56. The standard InChI is InChI=1S/C19H19BrN2O3/c1-4-9-25-18-16(20)10-14(11-17(18)24-3)12-21-22-19(23)15-8-6-5-7-13(15)2/h4-8,10-12H,1,9H2,2-3H3,(H,22,23)/b21-12-. The predicted octanol–water partition coefficient (Wildman–Crippen LogP) is 4.09. The average Bonchev–Trinajstić information content (AvgIpc) is 2.60. The van der Waals surface area contributed by atoms with Gasteiger partial charge in [0, 0.05) is 5.56 Å². The van der Waals surface area contributed by atoms with Crippen molar-refractivity contribution >= 4 is 28.1 Å². The Hall–Kier alpha value is -2.60. The average molecular weight is 403 g/mol. The number of ether oxygens (including phenoxy) is 2. The van der Waals surface area contributed by atoms with Gasteiger partial charge in [-0.3, -0.25) is 4.79 Å². The first-order valence-corrected chi connectivity index (χ1v) is 8.36. The number of nitrogens with one attached hydrogen (secondary N) is 1. The van der Waals surface area contributed by atoms with Gasteiger partial charge in [0.2, 0.25) is 0 Å². The highest BCUT2D eigenvalue weighted by Crippen LogP contribution is 2.36. The molecular weight excluding hydrogens is 384 g/mol. The molecule has 0 fully saturated rings. The first-order chi connectivity index (χ1) is 12.1. The maximum atomic E-state index is 12.1. The topological polar surface area (TPSA) is 59.9 Å². The smallest absolute Gasteiger partial charge is 0.271 e. The minimum atomic E-state index is -0.258. The minimum Gasteiger partial charge on any atom is -0.493 e. The van der Waals surface area contributed by atoms with Crippen LogP contribution in [-0.2, 0) is 0 Å². The summed E-state index contributed by atoms with van der Waals surface area (Å²) >= 11 is 3.45. The van der Waals surface area contributed by atoms with Gasteiger partial charge in [-0.25, -0.2) is 5.43 Å². The number of rotatable bonds is 7. The lowest BCUT2D eigenvalue weighted by Gasteiger charge is -2.12. The van der Waals surface area contributed by atoms with E-state index in [9.17, 15) is 4.79 Å². The van der Waals surface area contributed by atoms with Gasteiger partial charge in [-0.05, 0) is 52.2 Å². The van der Waals surface area contributed by atoms with Crippen LogP contribution in [-0.4, -0.2) is 25.8 Å².